The molecule has 1 amide bonds. The predicted molar refractivity (Wildman–Crippen MR) is 142 cm³/mol. The highest BCUT2D eigenvalue weighted by Crippen LogP contribution is 2.30. The van der Waals surface area contributed by atoms with Crippen molar-refractivity contribution in [2.24, 2.45) is 0 Å². The molecule has 4 aromatic carbocycles. The van der Waals surface area contributed by atoms with Crippen molar-refractivity contribution in [1.82, 2.24) is 0 Å². The molecule has 0 aliphatic rings. The third kappa shape index (κ3) is 5.70. The number of amides is 1. The molecular formula is C27H21Cl2FN2O3S. The standard InChI is InChI=1S/C27H21Cl2FN2O3S/c1-18-6-13-22(14-7-18)36(34,35)32(17-19-8-10-20(28)11-9-19)26-5-3-2-4-23(26)27(33)31-21-12-15-25(30)24(29)16-21/h2-16H,17H2,1H3,(H,31,33). The molecule has 36 heavy (non-hydrogen) atoms. The Kier molecular flexibility index (Phi) is 7.64. The molecule has 0 heterocycles. The first-order valence-electron chi connectivity index (χ1n) is 10.8. The van der Waals surface area contributed by atoms with Gasteiger partial charge in [-0.05, 0) is 67.1 Å². The first-order valence-corrected chi connectivity index (χ1v) is 13.0. The van der Waals surface area contributed by atoms with Crippen molar-refractivity contribution in [3.05, 3.63) is 124 Å². The van der Waals surface area contributed by atoms with Crippen molar-refractivity contribution in [2.45, 2.75) is 18.4 Å². The second kappa shape index (κ2) is 10.7. The van der Waals surface area contributed by atoms with E-state index in [2.05, 4.69) is 5.32 Å². The molecule has 0 saturated carbocycles. The van der Waals surface area contributed by atoms with Gasteiger partial charge in [0.2, 0.25) is 0 Å². The Morgan fingerprint density at radius 3 is 2.25 bits per heavy atom. The molecule has 0 unspecified atom stereocenters. The number of halogens is 3. The smallest absolute Gasteiger partial charge is 0.264 e. The zero-order chi connectivity index (χ0) is 25.9. The number of rotatable bonds is 7. The zero-order valence-corrected chi connectivity index (χ0v) is 21.4. The van der Waals surface area contributed by atoms with Gasteiger partial charge in [-0.3, -0.25) is 9.10 Å². The number of anilines is 2. The minimum absolute atomic E-state index is 0.0416. The van der Waals surface area contributed by atoms with Crippen LogP contribution in [0.2, 0.25) is 10.0 Å². The highest BCUT2D eigenvalue weighted by Gasteiger charge is 2.28. The summed E-state index contributed by atoms with van der Waals surface area (Å²) in [6.45, 7) is 1.82. The van der Waals surface area contributed by atoms with Crippen molar-refractivity contribution in [2.75, 3.05) is 9.62 Å². The second-order valence-corrected chi connectivity index (χ2v) is 10.8. The minimum atomic E-state index is -4.07. The molecule has 0 radical (unpaired) electrons. The van der Waals surface area contributed by atoms with Crippen LogP contribution >= 0.6 is 23.2 Å². The van der Waals surface area contributed by atoms with Crippen LogP contribution in [0, 0.1) is 12.7 Å². The van der Waals surface area contributed by atoms with Crippen LogP contribution in [0.4, 0.5) is 15.8 Å². The Hall–Kier alpha value is -3.39. The monoisotopic (exact) mass is 542 g/mol. The van der Waals surface area contributed by atoms with E-state index in [1.165, 1.54) is 34.6 Å². The van der Waals surface area contributed by atoms with Gasteiger partial charge in [0.15, 0.2) is 0 Å². The number of para-hydroxylation sites is 1. The summed E-state index contributed by atoms with van der Waals surface area (Å²) in [5.74, 6) is -1.19. The molecule has 184 valence electrons. The van der Waals surface area contributed by atoms with Gasteiger partial charge in [0.05, 0.1) is 27.7 Å². The van der Waals surface area contributed by atoms with Crippen LogP contribution < -0.4 is 9.62 Å². The fourth-order valence-electron chi connectivity index (χ4n) is 3.55. The second-order valence-electron chi connectivity index (χ2n) is 8.05. The number of aryl methyl sites for hydroxylation is 1. The third-order valence-electron chi connectivity index (χ3n) is 5.44. The molecule has 0 aromatic heterocycles. The molecule has 0 spiro atoms. The highest BCUT2D eigenvalue weighted by molar-refractivity contribution is 7.92. The molecule has 0 aliphatic carbocycles. The highest BCUT2D eigenvalue weighted by atomic mass is 35.5. The number of hydrogen-bond donors (Lipinski definition) is 1. The molecule has 5 nitrogen and oxygen atoms in total. The van der Waals surface area contributed by atoms with Crippen molar-refractivity contribution in [3.8, 4) is 0 Å². The van der Waals surface area contributed by atoms with Crippen LogP contribution in [0.5, 0.6) is 0 Å². The first kappa shape index (κ1) is 25.7. The van der Waals surface area contributed by atoms with E-state index in [1.807, 2.05) is 6.92 Å². The zero-order valence-electron chi connectivity index (χ0n) is 19.1. The van der Waals surface area contributed by atoms with E-state index in [9.17, 15) is 17.6 Å². The predicted octanol–water partition coefficient (Wildman–Crippen LogP) is 7.09. The van der Waals surface area contributed by atoms with Gasteiger partial charge >= 0.3 is 0 Å². The number of carbonyl (C=O) groups is 1. The lowest BCUT2D eigenvalue weighted by molar-refractivity contribution is 0.102. The number of nitrogens with zero attached hydrogens (tertiary/aromatic N) is 1. The summed E-state index contributed by atoms with van der Waals surface area (Å²) in [5, 5.41) is 3.03. The van der Waals surface area contributed by atoms with Crippen LogP contribution in [-0.4, -0.2) is 14.3 Å². The van der Waals surface area contributed by atoms with Gasteiger partial charge in [-0.15, -0.1) is 0 Å². The molecule has 0 fully saturated rings. The number of benzene rings is 4. The van der Waals surface area contributed by atoms with E-state index >= 15 is 0 Å². The van der Waals surface area contributed by atoms with Crippen LogP contribution in [-0.2, 0) is 16.6 Å². The van der Waals surface area contributed by atoms with Gasteiger partial charge in [0, 0.05) is 10.7 Å². The minimum Gasteiger partial charge on any atom is -0.322 e. The lowest BCUT2D eigenvalue weighted by Crippen LogP contribution is -2.32. The molecule has 0 bridgehead atoms. The molecule has 4 aromatic rings. The van der Waals surface area contributed by atoms with Crippen LogP contribution in [0.15, 0.2) is 95.9 Å². The largest absolute Gasteiger partial charge is 0.322 e. The molecule has 1 N–H and O–H groups in total. The summed E-state index contributed by atoms with van der Waals surface area (Å²) in [6.07, 6.45) is 0. The Bertz CT molecular complexity index is 1510. The number of nitrogens with one attached hydrogen (secondary N) is 1. The molecule has 9 heteroatoms. The van der Waals surface area contributed by atoms with Crippen LogP contribution in [0.1, 0.15) is 21.5 Å². The Morgan fingerprint density at radius 1 is 0.917 bits per heavy atom. The van der Waals surface area contributed by atoms with Gasteiger partial charge < -0.3 is 5.32 Å². The van der Waals surface area contributed by atoms with Crippen molar-refractivity contribution in [1.29, 1.82) is 0 Å². The van der Waals surface area contributed by atoms with Crippen LogP contribution in [0.3, 0.4) is 0 Å². The van der Waals surface area contributed by atoms with Crippen molar-refractivity contribution in [3.63, 3.8) is 0 Å². The Morgan fingerprint density at radius 2 is 1.58 bits per heavy atom. The van der Waals surface area contributed by atoms with Gasteiger partial charge in [0.25, 0.3) is 15.9 Å². The van der Waals surface area contributed by atoms with E-state index in [1.54, 1.807) is 54.6 Å². The fourth-order valence-corrected chi connectivity index (χ4v) is 5.33. The normalized spacial score (nSPS) is 11.2. The maximum atomic E-state index is 13.8. The lowest BCUT2D eigenvalue weighted by atomic mass is 10.1. The summed E-state index contributed by atoms with van der Waals surface area (Å²) in [7, 11) is -4.07. The topological polar surface area (TPSA) is 66.5 Å². The SMILES string of the molecule is Cc1ccc(S(=O)(=O)N(Cc2ccc(Cl)cc2)c2ccccc2C(=O)Nc2ccc(F)c(Cl)c2)cc1. The summed E-state index contributed by atoms with van der Waals surface area (Å²) in [6, 6.07) is 23.4. The number of carbonyl (C=O) groups excluding carboxylic acids is 1. The lowest BCUT2D eigenvalue weighted by Gasteiger charge is -2.27. The molecule has 4 rings (SSSR count). The van der Waals surface area contributed by atoms with Gasteiger partial charge in [-0.2, -0.15) is 0 Å². The molecular weight excluding hydrogens is 522 g/mol. The summed E-state index contributed by atoms with van der Waals surface area (Å²) < 4.78 is 42.4. The third-order valence-corrected chi connectivity index (χ3v) is 7.76. The molecule has 0 aliphatic heterocycles. The van der Waals surface area contributed by atoms with Gasteiger partial charge in [-0.25, -0.2) is 12.8 Å². The maximum Gasteiger partial charge on any atom is 0.264 e. The van der Waals surface area contributed by atoms with Crippen molar-refractivity contribution >= 4 is 50.5 Å². The average molecular weight is 543 g/mol. The fraction of sp³-hybridized carbons (Fsp3) is 0.0741. The summed E-state index contributed by atoms with van der Waals surface area (Å²) in [5.41, 5.74) is 2.15. The van der Waals surface area contributed by atoms with Crippen LogP contribution in [0.25, 0.3) is 0 Å². The van der Waals surface area contributed by atoms with Gasteiger partial charge in [-0.1, -0.05) is 65.2 Å². The first-order chi connectivity index (χ1) is 17.1. The van der Waals surface area contributed by atoms with E-state index in [0.29, 0.717) is 10.6 Å². The maximum absolute atomic E-state index is 13.8. The van der Waals surface area contributed by atoms with E-state index in [0.717, 1.165) is 11.6 Å². The Balaban J connectivity index is 1.78. The average Bonchev–Trinajstić information content (AvgIpc) is 2.86. The molecule has 0 atom stereocenters. The van der Waals surface area contributed by atoms with E-state index in [4.69, 9.17) is 23.2 Å². The Labute approximate surface area is 219 Å². The van der Waals surface area contributed by atoms with E-state index in [-0.39, 0.29) is 33.4 Å². The summed E-state index contributed by atoms with van der Waals surface area (Å²) in [4.78, 5) is 13.3. The quantitative estimate of drug-likeness (QED) is 0.271. The number of hydrogen-bond acceptors (Lipinski definition) is 3. The van der Waals surface area contributed by atoms with E-state index < -0.39 is 21.7 Å². The van der Waals surface area contributed by atoms with Gasteiger partial charge in [0.1, 0.15) is 5.82 Å². The summed E-state index contributed by atoms with van der Waals surface area (Å²) >= 11 is 11.9. The van der Waals surface area contributed by atoms with Crippen molar-refractivity contribution < 1.29 is 17.6 Å². The molecule has 0 saturated heterocycles. The number of sulfonamides is 1.